The number of likely N-dealkylation sites (N-methyl/N-ethyl adjacent to an activating group) is 1. The van der Waals surface area contributed by atoms with E-state index in [2.05, 4.69) is 22.9 Å². The van der Waals surface area contributed by atoms with Crippen molar-refractivity contribution in [2.24, 2.45) is 0 Å². The summed E-state index contributed by atoms with van der Waals surface area (Å²) in [5.41, 5.74) is 1.34. The lowest BCUT2D eigenvalue weighted by molar-refractivity contribution is -0.140. The Kier molecular flexibility index (Phi) is 8.10. The molecule has 1 fully saturated rings. The molecule has 7 heteroatoms. The second-order valence-electron chi connectivity index (χ2n) is 8.08. The first-order chi connectivity index (χ1) is 15.3. The number of rotatable bonds is 9. The maximum Gasteiger partial charge on any atom is 0.295 e. The molecule has 1 amide bonds. The predicted molar refractivity (Wildman–Crippen MR) is 129 cm³/mol. The number of carbonyl (C=O) groups is 2. The number of halogens is 1. The maximum absolute atomic E-state index is 13.0. The number of aliphatic hydroxyl groups is 1. The van der Waals surface area contributed by atoms with Crippen molar-refractivity contribution in [1.82, 2.24) is 9.80 Å². The first-order valence-corrected chi connectivity index (χ1v) is 11.5. The lowest BCUT2D eigenvalue weighted by Gasteiger charge is -2.26. The van der Waals surface area contributed by atoms with Crippen molar-refractivity contribution in [3.05, 3.63) is 69.7 Å². The van der Waals surface area contributed by atoms with Crippen LogP contribution < -0.4 is 4.74 Å². The molecule has 0 bridgehead atoms. The normalized spacial score (nSPS) is 17.9. The minimum atomic E-state index is -0.672. The fourth-order valence-electron chi connectivity index (χ4n) is 3.64. The number of ketones is 1. The number of unbranched alkanes of at least 4 members (excludes halogenated alkanes) is 1. The van der Waals surface area contributed by atoms with E-state index < -0.39 is 17.7 Å². The summed E-state index contributed by atoms with van der Waals surface area (Å²) in [4.78, 5) is 29.4. The fraction of sp³-hybridized carbons (Fsp3) is 0.360. The highest BCUT2D eigenvalue weighted by atomic mass is 79.9. The monoisotopic (exact) mass is 500 g/mol. The maximum atomic E-state index is 13.0. The number of likely N-dealkylation sites (tertiary alicyclic amines) is 1. The number of aliphatic hydroxyl groups excluding tert-OH is 1. The minimum absolute atomic E-state index is 0.103. The molecule has 0 spiro atoms. The van der Waals surface area contributed by atoms with Gasteiger partial charge >= 0.3 is 0 Å². The van der Waals surface area contributed by atoms with Gasteiger partial charge < -0.3 is 19.6 Å². The van der Waals surface area contributed by atoms with Crippen LogP contribution in [0.1, 0.15) is 36.9 Å². The number of carbonyl (C=O) groups excluding carboxylic acids is 2. The van der Waals surface area contributed by atoms with Crippen LogP contribution in [0.15, 0.2) is 58.6 Å². The third-order valence-electron chi connectivity index (χ3n) is 5.39. The molecule has 1 N–H and O–H groups in total. The molecule has 3 rings (SSSR count). The molecule has 1 unspecified atom stereocenters. The predicted octanol–water partition coefficient (Wildman–Crippen LogP) is 4.61. The molecule has 1 aliphatic heterocycles. The van der Waals surface area contributed by atoms with Crippen LogP contribution in [0.25, 0.3) is 5.76 Å². The van der Waals surface area contributed by atoms with Gasteiger partial charge in [0.05, 0.1) is 18.2 Å². The minimum Gasteiger partial charge on any atom is -0.507 e. The van der Waals surface area contributed by atoms with Crippen molar-refractivity contribution in [1.29, 1.82) is 0 Å². The standard InChI is InChI=1S/C25H29BrN2O4/c1-4-5-15-32-20-11-9-17(10-12-20)23(29)21-22(18-7-6-8-19(26)16-18)28(14-13-27(2)3)25(31)24(21)30/h6-12,16,22,29H,4-5,13-15H2,1-3H3/b23-21+. The molecular formula is C25H29BrN2O4. The molecule has 1 heterocycles. The zero-order chi connectivity index (χ0) is 23.3. The molecule has 0 aromatic heterocycles. The zero-order valence-electron chi connectivity index (χ0n) is 18.7. The summed E-state index contributed by atoms with van der Waals surface area (Å²) in [5, 5.41) is 11.1. The summed E-state index contributed by atoms with van der Waals surface area (Å²) in [5.74, 6) is -0.752. The number of hydrogen-bond donors (Lipinski definition) is 1. The van der Waals surface area contributed by atoms with E-state index in [1.54, 1.807) is 24.3 Å². The van der Waals surface area contributed by atoms with E-state index >= 15 is 0 Å². The van der Waals surface area contributed by atoms with Crippen LogP contribution >= 0.6 is 15.9 Å². The molecule has 32 heavy (non-hydrogen) atoms. The molecule has 170 valence electrons. The number of ether oxygens (including phenoxy) is 1. The highest BCUT2D eigenvalue weighted by Crippen LogP contribution is 2.40. The molecule has 1 atom stereocenters. The van der Waals surface area contributed by atoms with Crippen LogP contribution in [0.4, 0.5) is 0 Å². The Hall–Kier alpha value is -2.64. The molecule has 0 aliphatic carbocycles. The van der Waals surface area contributed by atoms with Crippen molar-refractivity contribution >= 4 is 33.4 Å². The van der Waals surface area contributed by atoms with E-state index in [1.165, 1.54) is 4.90 Å². The van der Waals surface area contributed by atoms with Gasteiger partial charge in [0, 0.05) is 23.1 Å². The summed E-state index contributed by atoms with van der Waals surface area (Å²) in [6, 6.07) is 13.8. The van der Waals surface area contributed by atoms with Crippen LogP contribution in [-0.4, -0.2) is 60.4 Å². The van der Waals surface area contributed by atoms with E-state index in [4.69, 9.17) is 4.74 Å². The Balaban J connectivity index is 2.01. The van der Waals surface area contributed by atoms with E-state index in [0.29, 0.717) is 31.0 Å². The third kappa shape index (κ3) is 5.40. The Morgan fingerprint density at radius 2 is 1.88 bits per heavy atom. The van der Waals surface area contributed by atoms with Gasteiger partial charge in [-0.25, -0.2) is 0 Å². The fourth-order valence-corrected chi connectivity index (χ4v) is 4.06. The molecule has 0 saturated carbocycles. The number of Topliss-reactive ketones (excluding diaryl/α,β-unsaturated/α-hetero) is 1. The largest absolute Gasteiger partial charge is 0.507 e. The van der Waals surface area contributed by atoms with Crippen LogP contribution in [0.2, 0.25) is 0 Å². The SMILES string of the molecule is CCCCOc1ccc(/C(O)=C2\C(=O)C(=O)N(CCN(C)C)C2c2cccc(Br)c2)cc1. The lowest BCUT2D eigenvalue weighted by Crippen LogP contribution is -2.35. The molecule has 1 saturated heterocycles. The van der Waals surface area contributed by atoms with E-state index in [-0.39, 0.29) is 11.3 Å². The summed E-state index contributed by atoms with van der Waals surface area (Å²) in [6.07, 6.45) is 2.01. The van der Waals surface area contributed by atoms with Crippen LogP contribution in [-0.2, 0) is 9.59 Å². The Labute approximate surface area is 197 Å². The van der Waals surface area contributed by atoms with E-state index in [9.17, 15) is 14.7 Å². The third-order valence-corrected chi connectivity index (χ3v) is 5.88. The average Bonchev–Trinajstić information content (AvgIpc) is 3.02. The number of benzene rings is 2. The molecular weight excluding hydrogens is 472 g/mol. The average molecular weight is 501 g/mol. The Morgan fingerprint density at radius 1 is 1.16 bits per heavy atom. The number of hydrogen-bond acceptors (Lipinski definition) is 5. The van der Waals surface area contributed by atoms with Crippen molar-refractivity contribution in [2.45, 2.75) is 25.8 Å². The van der Waals surface area contributed by atoms with Gasteiger partial charge in [0.2, 0.25) is 0 Å². The second-order valence-corrected chi connectivity index (χ2v) is 8.99. The van der Waals surface area contributed by atoms with Gasteiger partial charge in [-0.2, -0.15) is 0 Å². The lowest BCUT2D eigenvalue weighted by atomic mass is 9.95. The van der Waals surface area contributed by atoms with Crippen LogP contribution in [0.5, 0.6) is 5.75 Å². The highest BCUT2D eigenvalue weighted by Gasteiger charge is 2.45. The van der Waals surface area contributed by atoms with Gasteiger partial charge in [-0.1, -0.05) is 41.4 Å². The van der Waals surface area contributed by atoms with E-state index in [1.807, 2.05) is 43.3 Å². The summed E-state index contributed by atoms with van der Waals surface area (Å²) >= 11 is 3.47. The quantitative estimate of drug-likeness (QED) is 0.235. The highest BCUT2D eigenvalue weighted by molar-refractivity contribution is 9.10. The van der Waals surface area contributed by atoms with Gasteiger partial charge in [0.15, 0.2) is 0 Å². The smallest absolute Gasteiger partial charge is 0.295 e. The van der Waals surface area contributed by atoms with Crippen LogP contribution in [0, 0.1) is 0 Å². The van der Waals surface area contributed by atoms with Gasteiger partial charge in [-0.3, -0.25) is 9.59 Å². The second kappa shape index (κ2) is 10.8. The molecule has 2 aromatic rings. The number of nitrogens with zero attached hydrogens (tertiary/aromatic N) is 2. The molecule has 2 aromatic carbocycles. The summed E-state index contributed by atoms with van der Waals surface area (Å²) in [7, 11) is 3.82. The topological polar surface area (TPSA) is 70.1 Å². The zero-order valence-corrected chi connectivity index (χ0v) is 20.3. The van der Waals surface area contributed by atoms with Gasteiger partial charge in [-0.05, 0) is 62.5 Å². The molecule has 6 nitrogen and oxygen atoms in total. The first kappa shape index (κ1) is 24.0. The number of amides is 1. The Bertz CT molecular complexity index is 1000. The van der Waals surface area contributed by atoms with Gasteiger partial charge in [0.1, 0.15) is 11.5 Å². The van der Waals surface area contributed by atoms with Crippen molar-refractivity contribution in [3.63, 3.8) is 0 Å². The van der Waals surface area contributed by atoms with Gasteiger partial charge in [-0.15, -0.1) is 0 Å². The van der Waals surface area contributed by atoms with E-state index in [0.717, 1.165) is 22.9 Å². The first-order valence-electron chi connectivity index (χ1n) is 10.7. The summed E-state index contributed by atoms with van der Waals surface area (Å²) in [6.45, 7) is 3.69. The van der Waals surface area contributed by atoms with Crippen LogP contribution in [0.3, 0.4) is 0 Å². The van der Waals surface area contributed by atoms with Crippen molar-refractivity contribution < 1.29 is 19.4 Å². The van der Waals surface area contributed by atoms with Crippen molar-refractivity contribution in [3.8, 4) is 5.75 Å². The summed E-state index contributed by atoms with van der Waals surface area (Å²) < 4.78 is 6.52. The molecule has 0 radical (unpaired) electrons. The van der Waals surface area contributed by atoms with Crippen molar-refractivity contribution in [2.75, 3.05) is 33.8 Å². The Morgan fingerprint density at radius 3 is 2.50 bits per heavy atom. The molecule has 1 aliphatic rings. The van der Waals surface area contributed by atoms with Gasteiger partial charge in [0.25, 0.3) is 11.7 Å².